The Hall–Kier alpha value is -19.8. The summed E-state index contributed by atoms with van der Waals surface area (Å²) in [5.41, 5.74) is 15.5. The maximum atomic E-state index is 5.61. The van der Waals surface area contributed by atoms with E-state index in [1.807, 2.05) is 11.3 Å². The molecule has 692 valence electrons. The Morgan fingerprint density at radius 2 is 0.413 bits per heavy atom. The monoisotopic (exact) mass is 1920 g/mol. The Bertz CT molecular complexity index is 11900. The minimum Gasteiger partial charge on any atom is -0.277 e. The van der Waals surface area contributed by atoms with Crippen LogP contribution in [0.15, 0.2) is 491 Å². The molecule has 0 atom stereocenters. The summed E-state index contributed by atoms with van der Waals surface area (Å²) in [6.07, 6.45) is 0. The summed E-state index contributed by atoms with van der Waals surface area (Å²) in [4.78, 5) is 33.0. The van der Waals surface area contributed by atoms with E-state index in [0.29, 0.717) is 17.8 Å². The lowest BCUT2D eigenvalue weighted by Gasteiger charge is -2.16. The highest BCUT2D eigenvalue weighted by molar-refractivity contribution is 7.26. The molecule has 0 amide bonds. The van der Waals surface area contributed by atoms with Gasteiger partial charge in [0.25, 0.3) is 0 Å². The van der Waals surface area contributed by atoms with Gasteiger partial charge in [-0.15, -0.1) is 11.3 Å². The smallest absolute Gasteiger partial charge is 0.235 e. The number of para-hydroxylation sites is 3. The van der Waals surface area contributed by atoms with E-state index < -0.39 is 0 Å². The maximum absolute atomic E-state index is 5.61. The van der Waals surface area contributed by atoms with E-state index in [1.165, 1.54) is 187 Å². The molecule has 34 aromatic rings. The first kappa shape index (κ1) is 83.7. The molecule has 27 aromatic carbocycles. The van der Waals surface area contributed by atoms with Gasteiger partial charge in [0.1, 0.15) is 0 Å². The van der Waals surface area contributed by atoms with Crippen molar-refractivity contribution in [3.8, 4) is 51.6 Å². The van der Waals surface area contributed by atoms with Crippen molar-refractivity contribution >= 4 is 280 Å². The molecular weight excluding hydrogens is 1840 g/mol. The van der Waals surface area contributed by atoms with E-state index in [9.17, 15) is 0 Å². The zero-order valence-electron chi connectivity index (χ0n) is 80.7. The molecule has 0 aliphatic rings. The first-order valence-corrected chi connectivity index (χ1v) is 52.0. The van der Waals surface area contributed by atoms with Crippen LogP contribution in [0, 0.1) is 0 Å². The van der Waals surface area contributed by atoms with Gasteiger partial charge in [-0.05, 0) is 162 Å². The summed E-state index contributed by atoms with van der Waals surface area (Å²) in [6, 6.07) is 177. The minimum atomic E-state index is 0.669. The van der Waals surface area contributed by atoms with Gasteiger partial charge in [-0.25, -0.2) is 29.9 Å². The van der Waals surface area contributed by atoms with Crippen LogP contribution in [-0.4, -0.2) is 43.6 Å². The molecule has 9 nitrogen and oxygen atoms in total. The van der Waals surface area contributed by atoms with Crippen molar-refractivity contribution in [1.29, 1.82) is 0 Å². The molecule has 7 aromatic heterocycles. The Morgan fingerprint density at radius 1 is 0.140 bits per heavy atom. The molecule has 10 heteroatoms. The molecule has 0 bridgehead atoms. The molecule has 0 radical (unpaired) electrons. The lowest BCUT2D eigenvalue weighted by molar-refractivity contribution is 1.02. The first-order chi connectivity index (χ1) is 74.5. The number of aromatic nitrogens is 9. The van der Waals surface area contributed by atoms with Gasteiger partial charge in [0.05, 0.1) is 66.7 Å². The standard InChI is InChI=1S/C48H27N3S.2C46H27N3/c1-2-14-28(15-3-1)46-45-37(26-27-40-42(45)36-23-11-13-25-39(36)52-40)49-48(50-46)51-38-24-12-10-22-35(38)44-43-32-19-7-5-17-30(32)29-16-4-6-18-31(29)41(43)33-20-8-9-21-34(33)47(44)51;1-2-15-29(16-3-1)43-38-27-26-28-14-4-5-17-30(28)44(38)48-46(47-43)49-39-25-13-12-24-37(39)42-41-34-21-9-7-19-32(34)31-18-6-8-20-33(31)40(41)35-22-10-11-23-36(35)45(42)49;1-2-15-29(16-3-1)44-41-30-17-5-4-14-28(30)26-27-38(41)47-46(48-44)49-39-25-13-12-24-37(39)43-42-34-21-9-7-19-32(34)31-18-6-8-20-33(31)40(42)35-22-10-11-23-36(35)45(43)49/h1-27H;2*1-27H. The predicted molar refractivity (Wildman–Crippen MR) is 636 cm³/mol. The van der Waals surface area contributed by atoms with Crippen molar-refractivity contribution in [2.45, 2.75) is 0 Å². The molecule has 0 unspecified atom stereocenters. The van der Waals surface area contributed by atoms with Crippen molar-refractivity contribution in [2.24, 2.45) is 0 Å². The molecule has 0 aliphatic heterocycles. The van der Waals surface area contributed by atoms with Gasteiger partial charge in [-0.2, -0.15) is 0 Å². The van der Waals surface area contributed by atoms with Gasteiger partial charge in [0.2, 0.25) is 17.8 Å². The van der Waals surface area contributed by atoms with Crippen LogP contribution >= 0.6 is 11.3 Å². The zero-order valence-corrected chi connectivity index (χ0v) is 81.5. The number of hydrogen-bond acceptors (Lipinski definition) is 7. The van der Waals surface area contributed by atoms with Crippen molar-refractivity contribution in [2.75, 3.05) is 0 Å². The average Bonchev–Trinajstić information content (AvgIpc) is 1.51. The summed E-state index contributed by atoms with van der Waals surface area (Å²) in [6.45, 7) is 0. The van der Waals surface area contributed by atoms with Crippen LogP contribution in [0.25, 0.3) is 321 Å². The topological polar surface area (TPSA) is 92.1 Å². The molecule has 0 saturated heterocycles. The quantitative estimate of drug-likeness (QED) is 0.154. The van der Waals surface area contributed by atoms with Crippen LogP contribution in [0.5, 0.6) is 0 Å². The van der Waals surface area contributed by atoms with Crippen molar-refractivity contribution in [1.82, 2.24) is 43.6 Å². The number of benzene rings is 27. The summed E-state index contributed by atoms with van der Waals surface area (Å²) >= 11 is 1.83. The van der Waals surface area contributed by atoms with E-state index in [1.54, 1.807) is 0 Å². The fourth-order valence-corrected chi connectivity index (χ4v) is 26.6. The van der Waals surface area contributed by atoms with Gasteiger partial charge in [0, 0.05) is 123 Å². The van der Waals surface area contributed by atoms with E-state index >= 15 is 0 Å². The first-order valence-electron chi connectivity index (χ1n) is 51.2. The van der Waals surface area contributed by atoms with E-state index in [0.717, 1.165) is 116 Å². The van der Waals surface area contributed by atoms with Crippen molar-refractivity contribution in [3.05, 3.63) is 491 Å². The Balaban J connectivity index is 0.0000000993. The van der Waals surface area contributed by atoms with Crippen molar-refractivity contribution < 1.29 is 0 Å². The van der Waals surface area contributed by atoms with E-state index in [-0.39, 0.29) is 0 Å². The minimum absolute atomic E-state index is 0.669. The summed E-state index contributed by atoms with van der Waals surface area (Å²) in [7, 11) is 0. The maximum Gasteiger partial charge on any atom is 0.235 e. The average molecular weight is 1920 g/mol. The second-order valence-corrected chi connectivity index (χ2v) is 40.5. The van der Waals surface area contributed by atoms with Crippen LogP contribution in [0.4, 0.5) is 0 Å². The fraction of sp³-hybridized carbons (Fsp3) is 0. The van der Waals surface area contributed by atoms with Gasteiger partial charge in [-0.1, -0.05) is 443 Å². The largest absolute Gasteiger partial charge is 0.277 e. The molecule has 0 N–H and O–H groups in total. The zero-order chi connectivity index (χ0) is 98.0. The second-order valence-electron chi connectivity index (χ2n) is 39.4. The second kappa shape index (κ2) is 32.9. The third kappa shape index (κ3) is 12.2. The molecule has 0 spiro atoms. The van der Waals surface area contributed by atoms with Crippen LogP contribution in [0.3, 0.4) is 0 Å². The normalized spacial score (nSPS) is 12.1. The van der Waals surface area contributed by atoms with Crippen LogP contribution in [0.2, 0.25) is 0 Å². The molecule has 0 aliphatic carbocycles. The Kier molecular flexibility index (Phi) is 18.3. The molecule has 7 heterocycles. The molecular formula is C140H81N9S. The van der Waals surface area contributed by atoms with Crippen molar-refractivity contribution in [3.63, 3.8) is 0 Å². The van der Waals surface area contributed by atoms with Crippen LogP contribution < -0.4 is 0 Å². The number of rotatable bonds is 6. The number of hydrogen-bond donors (Lipinski definition) is 0. The summed E-state index contributed by atoms with van der Waals surface area (Å²) in [5, 5.41) is 47.7. The van der Waals surface area contributed by atoms with Gasteiger partial charge >= 0.3 is 0 Å². The van der Waals surface area contributed by atoms with Crippen LogP contribution in [0.1, 0.15) is 0 Å². The fourth-order valence-electron chi connectivity index (χ4n) is 25.5. The van der Waals surface area contributed by atoms with Gasteiger partial charge in [-0.3, -0.25) is 13.7 Å². The lowest BCUT2D eigenvalue weighted by atomic mass is 9.88. The Labute approximate surface area is 860 Å². The predicted octanol–water partition coefficient (Wildman–Crippen LogP) is 37.7. The highest BCUT2D eigenvalue weighted by atomic mass is 32.1. The molecule has 0 fully saturated rings. The third-order valence-corrected chi connectivity index (χ3v) is 32.8. The highest BCUT2D eigenvalue weighted by Gasteiger charge is 2.31. The summed E-state index contributed by atoms with van der Waals surface area (Å²) < 4.78 is 9.49. The van der Waals surface area contributed by atoms with Crippen LogP contribution in [-0.2, 0) is 0 Å². The summed E-state index contributed by atoms with van der Waals surface area (Å²) in [5.74, 6) is 2.01. The highest BCUT2D eigenvalue weighted by Crippen LogP contribution is 2.55. The number of fused-ring (bicyclic) bond motifs is 50. The van der Waals surface area contributed by atoms with Gasteiger partial charge < -0.3 is 0 Å². The number of nitrogens with zero attached hydrogens (tertiary/aromatic N) is 9. The van der Waals surface area contributed by atoms with E-state index in [2.05, 4.69) is 505 Å². The molecule has 0 saturated carbocycles. The molecule has 150 heavy (non-hydrogen) atoms. The third-order valence-electron chi connectivity index (χ3n) is 31.6. The number of thiophene rings is 1. The van der Waals surface area contributed by atoms with E-state index in [4.69, 9.17) is 29.9 Å². The van der Waals surface area contributed by atoms with Gasteiger partial charge in [0.15, 0.2) is 0 Å². The lowest BCUT2D eigenvalue weighted by Crippen LogP contribution is -2.04. The molecule has 34 rings (SSSR count). The Morgan fingerprint density at radius 3 is 0.820 bits per heavy atom. The SMILES string of the molecule is c1ccc(-c2nc(-n3c4ccccc4c4c5c6ccccc6c6ccccc6c5c5ccccc5c43)nc3c2ccc2ccccc23)cc1.c1ccc(-c2nc(-n3c4ccccc4c4c5c6ccccc6c6ccccc6c5c5ccccc5c43)nc3ccc4ccccc4c23)cc1.c1ccc(-c2nc(-n3c4ccccc4c4c5c6ccccc6c6ccccc6c5c5ccccc5c43)nc3ccc4sc5ccccc5c4c23)cc1.